The van der Waals surface area contributed by atoms with Gasteiger partial charge in [-0.25, -0.2) is 9.97 Å². The molecule has 0 radical (unpaired) electrons. The number of fused-ring (bicyclic) bond motifs is 1. The van der Waals surface area contributed by atoms with E-state index in [1.54, 1.807) is 16.8 Å². The number of aromatic nitrogens is 4. The van der Waals surface area contributed by atoms with Crippen molar-refractivity contribution in [1.29, 1.82) is 0 Å². The van der Waals surface area contributed by atoms with Crippen molar-refractivity contribution in [2.45, 2.75) is 6.54 Å². The Bertz CT molecular complexity index is 623. The first-order valence-electron chi connectivity index (χ1n) is 5.12. The summed E-state index contributed by atoms with van der Waals surface area (Å²) < 4.78 is 0. The lowest BCUT2D eigenvalue weighted by molar-refractivity contribution is 0.969. The van der Waals surface area contributed by atoms with Crippen LogP contribution in [-0.4, -0.2) is 20.2 Å². The molecule has 2 heterocycles. The molecule has 1 aromatic carbocycles. The second-order valence-electron chi connectivity index (χ2n) is 3.46. The van der Waals surface area contributed by atoms with Gasteiger partial charge in [0.2, 0.25) is 5.95 Å². The highest BCUT2D eigenvalue weighted by molar-refractivity contribution is 7.07. The number of para-hydroxylation sites is 1. The molecule has 0 fully saturated rings. The van der Waals surface area contributed by atoms with Crippen molar-refractivity contribution in [3.05, 3.63) is 40.8 Å². The molecule has 84 valence electrons. The minimum Gasteiger partial charge on any atom is -0.347 e. The molecule has 0 spiro atoms. The van der Waals surface area contributed by atoms with Gasteiger partial charge in [0, 0.05) is 5.38 Å². The van der Waals surface area contributed by atoms with E-state index in [0.717, 1.165) is 16.7 Å². The van der Waals surface area contributed by atoms with Crippen LogP contribution in [0, 0.1) is 0 Å². The molecule has 0 saturated heterocycles. The summed E-state index contributed by atoms with van der Waals surface area (Å²) >= 11 is 1.57. The van der Waals surface area contributed by atoms with Crippen molar-refractivity contribution in [2.24, 2.45) is 0 Å². The van der Waals surface area contributed by atoms with Gasteiger partial charge in [0.15, 0.2) is 0 Å². The summed E-state index contributed by atoms with van der Waals surface area (Å²) in [5.74, 6) is 0.525. The third kappa shape index (κ3) is 2.21. The van der Waals surface area contributed by atoms with E-state index < -0.39 is 0 Å². The van der Waals surface area contributed by atoms with Crippen molar-refractivity contribution in [3.63, 3.8) is 0 Å². The zero-order valence-corrected chi connectivity index (χ0v) is 9.68. The Hall–Kier alpha value is -2.08. The van der Waals surface area contributed by atoms with Crippen LogP contribution in [0.1, 0.15) is 5.69 Å². The molecule has 3 aromatic rings. The van der Waals surface area contributed by atoms with E-state index in [9.17, 15) is 0 Å². The highest BCUT2D eigenvalue weighted by Gasteiger charge is 2.01. The number of rotatable bonds is 3. The first kappa shape index (κ1) is 10.1. The maximum Gasteiger partial charge on any atom is 0.243 e. The summed E-state index contributed by atoms with van der Waals surface area (Å²) in [6.07, 6.45) is 0. The maximum atomic E-state index is 4.37. The average molecular weight is 243 g/mol. The summed E-state index contributed by atoms with van der Waals surface area (Å²) in [6.45, 7) is 0.615. The van der Waals surface area contributed by atoms with Crippen LogP contribution in [0.3, 0.4) is 0 Å². The highest BCUT2D eigenvalue weighted by atomic mass is 32.1. The Morgan fingerprint density at radius 3 is 2.82 bits per heavy atom. The van der Waals surface area contributed by atoms with Gasteiger partial charge in [-0.3, -0.25) is 0 Å². The predicted octanol–water partition coefficient (Wildman–Crippen LogP) is 2.09. The van der Waals surface area contributed by atoms with Gasteiger partial charge >= 0.3 is 0 Å². The zero-order chi connectivity index (χ0) is 11.5. The lowest BCUT2D eigenvalue weighted by Crippen LogP contribution is -2.04. The number of nitrogens with zero attached hydrogens (tertiary/aromatic N) is 4. The first-order valence-corrected chi connectivity index (χ1v) is 6.06. The molecule has 0 bridgehead atoms. The quantitative estimate of drug-likeness (QED) is 0.763. The Morgan fingerprint density at radius 1 is 1.12 bits per heavy atom. The Balaban J connectivity index is 1.81. The van der Waals surface area contributed by atoms with Gasteiger partial charge in [-0.15, -0.1) is 21.5 Å². The van der Waals surface area contributed by atoms with E-state index in [1.165, 1.54) is 0 Å². The van der Waals surface area contributed by atoms with Crippen LogP contribution in [-0.2, 0) is 6.54 Å². The first-order chi connectivity index (χ1) is 8.42. The minimum atomic E-state index is 0.525. The van der Waals surface area contributed by atoms with Crippen molar-refractivity contribution < 1.29 is 0 Å². The van der Waals surface area contributed by atoms with E-state index in [-0.39, 0.29) is 0 Å². The molecule has 0 aliphatic carbocycles. The second-order valence-corrected chi connectivity index (χ2v) is 4.18. The number of thiazole rings is 1. The third-order valence-electron chi connectivity index (χ3n) is 2.27. The summed E-state index contributed by atoms with van der Waals surface area (Å²) in [6, 6.07) is 7.65. The van der Waals surface area contributed by atoms with Gasteiger partial charge in [-0.1, -0.05) is 12.1 Å². The Morgan fingerprint density at radius 2 is 2.00 bits per heavy atom. The Kier molecular flexibility index (Phi) is 2.63. The van der Waals surface area contributed by atoms with Crippen molar-refractivity contribution in [1.82, 2.24) is 20.2 Å². The van der Waals surface area contributed by atoms with Gasteiger partial charge in [-0.05, 0) is 12.1 Å². The molecular formula is C11H9N5S. The normalized spacial score (nSPS) is 10.6. The van der Waals surface area contributed by atoms with E-state index >= 15 is 0 Å². The SMILES string of the molecule is c1ccc2nc(NCc3cscn3)nnc2c1. The molecule has 0 unspecified atom stereocenters. The molecule has 0 amide bonds. The van der Waals surface area contributed by atoms with E-state index in [0.29, 0.717) is 12.5 Å². The second kappa shape index (κ2) is 4.42. The number of nitrogens with one attached hydrogen (secondary N) is 1. The average Bonchev–Trinajstić information content (AvgIpc) is 2.89. The summed E-state index contributed by atoms with van der Waals surface area (Å²) in [4.78, 5) is 8.54. The topological polar surface area (TPSA) is 63.6 Å². The van der Waals surface area contributed by atoms with E-state index in [4.69, 9.17) is 0 Å². The molecule has 6 heteroatoms. The fraction of sp³-hybridized carbons (Fsp3) is 0.0909. The standard InChI is InChI=1S/C11H9N5S/c1-2-4-10-9(3-1)14-11(16-15-10)12-5-8-6-17-7-13-8/h1-4,6-7H,5H2,(H,12,14,16). The van der Waals surface area contributed by atoms with Gasteiger partial charge in [0.25, 0.3) is 0 Å². The summed E-state index contributed by atoms with van der Waals surface area (Å²) in [5.41, 5.74) is 4.41. The third-order valence-corrected chi connectivity index (χ3v) is 2.91. The van der Waals surface area contributed by atoms with Gasteiger partial charge < -0.3 is 5.32 Å². The summed E-state index contributed by atoms with van der Waals surface area (Å²) in [7, 11) is 0. The molecule has 0 atom stereocenters. The fourth-order valence-corrected chi connectivity index (χ4v) is 2.01. The molecule has 5 nitrogen and oxygen atoms in total. The number of hydrogen-bond donors (Lipinski definition) is 1. The van der Waals surface area contributed by atoms with Crippen LogP contribution in [0.2, 0.25) is 0 Å². The molecule has 17 heavy (non-hydrogen) atoms. The maximum absolute atomic E-state index is 4.37. The van der Waals surface area contributed by atoms with Crippen LogP contribution in [0.4, 0.5) is 5.95 Å². The molecule has 1 N–H and O–H groups in total. The monoisotopic (exact) mass is 243 g/mol. The zero-order valence-electron chi connectivity index (χ0n) is 8.87. The van der Waals surface area contributed by atoms with Crippen LogP contribution < -0.4 is 5.32 Å². The largest absolute Gasteiger partial charge is 0.347 e. The molecule has 0 aliphatic rings. The van der Waals surface area contributed by atoms with Gasteiger partial charge in [0.05, 0.1) is 23.3 Å². The number of hydrogen-bond acceptors (Lipinski definition) is 6. The van der Waals surface area contributed by atoms with Gasteiger partial charge in [-0.2, -0.15) is 0 Å². The van der Waals surface area contributed by atoms with E-state index in [2.05, 4.69) is 25.5 Å². The van der Waals surface area contributed by atoms with Crippen molar-refractivity contribution >= 4 is 28.3 Å². The van der Waals surface area contributed by atoms with Gasteiger partial charge in [0.1, 0.15) is 5.52 Å². The van der Waals surface area contributed by atoms with Crippen LogP contribution in [0.5, 0.6) is 0 Å². The van der Waals surface area contributed by atoms with E-state index in [1.807, 2.05) is 29.6 Å². The lowest BCUT2D eigenvalue weighted by Gasteiger charge is -2.02. The smallest absolute Gasteiger partial charge is 0.243 e. The predicted molar refractivity (Wildman–Crippen MR) is 66.8 cm³/mol. The number of benzene rings is 1. The van der Waals surface area contributed by atoms with Crippen LogP contribution in [0.25, 0.3) is 11.0 Å². The van der Waals surface area contributed by atoms with Crippen LogP contribution >= 0.6 is 11.3 Å². The highest BCUT2D eigenvalue weighted by Crippen LogP contribution is 2.09. The molecule has 0 saturated carbocycles. The molecule has 2 aromatic heterocycles. The Labute approximate surface area is 102 Å². The minimum absolute atomic E-state index is 0.525. The summed E-state index contributed by atoms with van der Waals surface area (Å²) in [5, 5.41) is 13.2. The molecule has 0 aliphatic heterocycles. The number of anilines is 1. The molecular weight excluding hydrogens is 234 g/mol. The van der Waals surface area contributed by atoms with Crippen LogP contribution in [0.15, 0.2) is 35.2 Å². The molecule has 3 rings (SSSR count). The lowest BCUT2D eigenvalue weighted by atomic mass is 10.3. The van der Waals surface area contributed by atoms with Crippen molar-refractivity contribution in [3.8, 4) is 0 Å². The fourth-order valence-electron chi connectivity index (χ4n) is 1.45. The van der Waals surface area contributed by atoms with Crippen molar-refractivity contribution in [2.75, 3.05) is 5.32 Å².